The second-order valence-electron chi connectivity index (χ2n) is 3.85. The van der Waals surface area contributed by atoms with Crippen molar-refractivity contribution in [2.45, 2.75) is 0 Å². The number of amides is 2. The summed E-state index contributed by atoms with van der Waals surface area (Å²) in [6, 6.07) is 6.26. The van der Waals surface area contributed by atoms with Crippen molar-refractivity contribution in [2.75, 3.05) is 23.5 Å². The Hall–Kier alpha value is -1.89. The van der Waals surface area contributed by atoms with Crippen LogP contribution in [0, 0.1) is 0 Å². The monoisotopic (exact) mass is 269 g/mol. The molecule has 0 spiro atoms. The molecule has 0 aromatic heterocycles. The zero-order chi connectivity index (χ0) is 13.3. The van der Waals surface area contributed by atoms with E-state index in [2.05, 4.69) is 0 Å². The Morgan fingerprint density at radius 1 is 1.06 bits per heavy atom. The highest BCUT2D eigenvalue weighted by molar-refractivity contribution is 7.93. The fourth-order valence-electron chi connectivity index (χ4n) is 1.71. The van der Waals surface area contributed by atoms with Gasteiger partial charge < -0.3 is 4.74 Å². The van der Waals surface area contributed by atoms with Crippen LogP contribution in [0.1, 0.15) is 0 Å². The highest BCUT2D eigenvalue weighted by Gasteiger charge is 2.36. The van der Waals surface area contributed by atoms with Crippen LogP contribution in [0.3, 0.4) is 0 Å². The number of methoxy groups -OCH3 is 1. The standard InChI is InChI=1S/C11H11NO5S/c1-17-9-4-2-8(3-5-9)12-10(13)6-18(15,16)7-11(12)14/h2-5H,6-7H2,1H3. The van der Waals surface area contributed by atoms with Gasteiger partial charge in [-0.1, -0.05) is 0 Å². The van der Waals surface area contributed by atoms with E-state index in [0.29, 0.717) is 11.4 Å². The number of carbonyl (C=O) groups is 2. The van der Waals surface area contributed by atoms with Crippen molar-refractivity contribution >= 4 is 27.3 Å². The van der Waals surface area contributed by atoms with Crippen LogP contribution in [-0.2, 0) is 19.4 Å². The number of benzene rings is 1. The van der Waals surface area contributed by atoms with Gasteiger partial charge in [0.05, 0.1) is 12.8 Å². The van der Waals surface area contributed by atoms with Crippen LogP contribution in [0.2, 0.25) is 0 Å². The Kier molecular flexibility index (Phi) is 3.08. The summed E-state index contributed by atoms with van der Waals surface area (Å²) in [5.41, 5.74) is 0.348. The number of hydrogen-bond donors (Lipinski definition) is 0. The Bertz CT molecular complexity index is 566. The lowest BCUT2D eigenvalue weighted by Gasteiger charge is -2.24. The Balaban J connectivity index is 2.32. The van der Waals surface area contributed by atoms with E-state index in [0.717, 1.165) is 4.90 Å². The maximum atomic E-state index is 11.7. The Morgan fingerprint density at radius 2 is 1.56 bits per heavy atom. The predicted molar refractivity (Wildman–Crippen MR) is 64.1 cm³/mol. The minimum Gasteiger partial charge on any atom is -0.497 e. The van der Waals surface area contributed by atoms with Crippen LogP contribution in [0.4, 0.5) is 5.69 Å². The van der Waals surface area contributed by atoms with Crippen molar-refractivity contribution in [1.29, 1.82) is 0 Å². The van der Waals surface area contributed by atoms with Gasteiger partial charge in [0.25, 0.3) is 0 Å². The Labute approximate surface area is 104 Å². The van der Waals surface area contributed by atoms with Gasteiger partial charge in [0.2, 0.25) is 11.8 Å². The quantitative estimate of drug-likeness (QED) is 0.705. The SMILES string of the molecule is COc1ccc(N2C(=O)CS(=O)(=O)CC2=O)cc1. The lowest BCUT2D eigenvalue weighted by molar-refractivity contribution is -0.124. The van der Waals surface area contributed by atoms with Crippen LogP contribution in [0.25, 0.3) is 0 Å². The molecule has 0 bridgehead atoms. The number of sulfone groups is 1. The van der Waals surface area contributed by atoms with Crippen LogP contribution < -0.4 is 9.64 Å². The van der Waals surface area contributed by atoms with Crippen molar-refractivity contribution in [2.24, 2.45) is 0 Å². The smallest absolute Gasteiger partial charge is 0.248 e. The van der Waals surface area contributed by atoms with Gasteiger partial charge in [-0.2, -0.15) is 0 Å². The zero-order valence-corrected chi connectivity index (χ0v) is 10.4. The lowest BCUT2D eigenvalue weighted by atomic mass is 10.2. The molecule has 0 unspecified atom stereocenters. The minimum atomic E-state index is -3.60. The maximum Gasteiger partial charge on any atom is 0.248 e. The summed E-state index contributed by atoms with van der Waals surface area (Å²) in [4.78, 5) is 24.2. The summed E-state index contributed by atoms with van der Waals surface area (Å²) < 4.78 is 27.5. The number of ether oxygens (including phenoxy) is 1. The van der Waals surface area contributed by atoms with Gasteiger partial charge in [-0.05, 0) is 24.3 Å². The molecule has 0 N–H and O–H groups in total. The van der Waals surface area contributed by atoms with Crippen LogP contribution >= 0.6 is 0 Å². The molecule has 1 aromatic carbocycles. The molecule has 0 radical (unpaired) electrons. The summed E-state index contributed by atoms with van der Waals surface area (Å²) in [7, 11) is -2.10. The fraction of sp³-hybridized carbons (Fsp3) is 0.273. The van der Waals surface area contributed by atoms with Gasteiger partial charge >= 0.3 is 0 Å². The first-order valence-corrected chi connectivity index (χ1v) is 6.95. The molecule has 1 aliphatic rings. The van der Waals surface area contributed by atoms with Crippen LogP contribution in [-0.4, -0.2) is 38.8 Å². The van der Waals surface area contributed by atoms with Gasteiger partial charge in [-0.25, -0.2) is 13.3 Å². The molecule has 0 aliphatic carbocycles. The summed E-state index contributed by atoms with van der Waals surface area (Å²) in [6.07, 6.45) is 0. The first-order chi connectivity index (χ1) is 8.43. The van der Waals surface area contributed by atoms with Crippen molar-refractivity contribution < 1.29 is 22.7 Å². The molecule has 7 heteroatoms. The predicted octanol–water partition coefficient (Wildman–Crippen LogP) is -0.0168. The first kappa shape index (κ1) is 12.6. The molecular weight excluding hydrogens is 258 g/mol. The summed E-state index contributed by atoms with van der Waals surface area (Å²) in [6.45, 7) is 0. The average Bonchev–Trinajstić information content (AvgIpc) is 2.27. The number of imide groups is 1. The summed E-state index contributed by atoms with van der Waals surface area (Å²) in [5.74, 6) is -2.13. The number of nitrogens with zero attached hydrogens (tertiary/aromatic N) is 1. The molecule has 1 aliphatic heterocycles. The highest BCUT2D eigenvalue weighted by atomic mass is 32.2. The molecule has 0 atom stereocenters. The van der Waals surface area contributed by atoms with Gasteiger partial charge in [0, 0.05) is 0 Å². The number of hydrogen-bond acceptors (Lipinski definition) is 5. The van der Waals surface area contributed by atoms with Crippen molar-refractivity contribution in [1.82, 2.24) is 0 Å². The van der Waals surface area contributed by atoms with Crippen molar-refractivity contribution in [3.05, 3.63) is 24.3 Å². The molecule has 18 heavy (non-hydrogen) atoms. The topological polar surface area (TPSA) is 80.8 Å². The van der Waals surface area contributed by atoms with E-state index in [1.165, 1.54) is 19.2 Å². The third kappa shape index (κ3) is 2.35. The van der Waals surface area contributed by atoms with Gasteiger partial charge in [0.1, 0.15) is 17.3 Å². The lowest BCUT2D eigenvalue weighted by Crippen LogP contribution is -2.49. The third-order valence-electron chi connectivity index (χ3n) is 2.52. The third-order valence-corrected chi connectivity index (χ3v) is 3.89. The van der Waals surface area contributed by atoms with Gasteiger partial charge in [0.15, 0.2) is 9.84 Å². The zero-order valence-electron chi connectivity index (χ0n) is 9.62. The molecule has 1 fully saturated rings. The van der Waals surface area contributed by atoms with Crippen molar-refractivity contribution in [3.63, 3.8) is 0 Å². The number of anilines is 1. The van der Waals surface area contributed by atoms with Crippen LogP contribution in [0.15, 0.2) is 24.3 Å². The molecular formula is C11H11NO5S. The van der Waals surface area contributed by atoms with E-state index in [9.17, 15) is 18.0 Å². The van der Waals surface area contributed by atoms with E-state index in [1.54, 1.807) is 12.1 Å². The molecule has 6 nitrogen and oxygen atoms in total. The van der Waals surface area contributed by atoms with E-state index < -0.39 is 33.2 Å². The van der Waals surface area contributed by atoms with E-state index in [1.807, 2.05) is 0 Å². The molecule has 2 amide bonds. The molecule has 2 rings (SSSR count). The van der Waals surface area contributed by atoms with Crippen molar-refractivity contribution in [3.8, 4) is 5.75 Å². The summed E-state index contributed by atoms with van der Waals surface area (Å²) in [5, 5.41) is 0. The summed E-state index contributed by atoms with van der Waals surface area (Å²) >= 11 is 0. The molecule has 0 saturated carbocycles. The fourth-order valence-corrected chi connectivity index (χ4v) is 2.83. The maximum absolute atomic E-state index is 11.7. The van der Waals surface area contributed by atoms with E-state index in [4.69, 9.17) is 4.74 Å². The van der Waals surface area contributed by atoms with E-state index >= 15 is 0 Å². The second-order valence-corrected chi connectivity index (χ2v) is 5.92. The second kappa shape index (κ2) is 4.41. The van der Waals surface area contributed by atoms with E-state index in [-0.39, 0.29) is 0 Å². The van der Waals surface area contributed by atoms with Crippen LogP contribution in [0.5, 0.6) is 5.75 Å². The average molecular weight is 269 g/mol. The number of rotatable bonds is 2. The highest BCUT2D eigenvalue weighted by Crippen LogP contribution is 2.22. The largest absolute Gasteiger partial charge is 0.497 e. The minimum absolute atomic E-state index is 0.348. The molecule has 1 saturated heterocycles. The number of carbonyl (C=O) groups excluding carboxylic acids is 2. The molecule has 1 aromatic rings. The Morgan fingerprint density at radius 3 is 2.00 bits per heavy atom. The normalized spacial score (nSPS) is 18.8. The first-order valence-electron chi connectivity index (χ1n) is 5.13. The molecule has 96 valence electrons. The molecule has 1 heterocycles. The van der Waals surface area contributed by atoms with Gasteiger partial charge in [-0.3, -0.25) is 9.59 Å². The van der Waals surface area contributed by atoms with Gasteiger partial charge in [-0.15, -0.1) is 0 Å².